The molecule has 0 fully saturated rings. The van der Waals surface area contributed by atoms with E-state index in [1.54, 1.807) is 30.5 Å². The third kappa shape index (κ3) is 5.29. The first kappa shape index (κ1) is 21.2. The Morgan fingerprint density at radius 2 is 1.59 bits per heavy atom. The Morgan fingerprint density at radius 1 is 0.897 bits per heavy atom. The molecule has 0 heterocycles. The first-order chi connectivity index (χ1) is 13.8. The van der Waals surface area contributed by atoms with E-state index in [1.165, 1.54) is 37.4 Å². The maximum Gasteiger partial charge on any atom is 0.339 e. The molecule has 0 N–H and O–H groups in total. The fraction of sp³-hybridized carbons (Fsp3) is 0.0952. The van der Waals surface area contributed by atoms with Crippen LogP contribution in [0, 0.1) is 6.92 Å². The lowest BCUT2D eigenvalue weighted by atomic mass is 10.2. The maximum absolute atomic E-state index is 12.5. The minimum atomic E-state index is -4.03. The summed E-state index contributed by atoms with van der Waals surface area (Å²) in [5, 5.41) is 1.02. The van der Waals surface area contributed by atoms with Crippen LogP contribution in [0.4, 0.5) is 5.69 Å². The predicted molar refractivity (Wildman–Crippen MR) is 116 cm³/mol. The van der Waals surface area contributed by atoms with Crippen LogP contribution >= 0.6 is 23.2 Å². The fourth-order valence-corrected chi connectivity index (χ4v) is 3.70. The Hall–Kier alpha value is -2.54. The smallest absolute Gasteiger partial charge is 0.339 e. The molecule has 0 saturated heterocycles. The number of aryl methyl sites for hydroxylation is 1. The molecular weight excluding hydrogens is 433 g/mol. The van der Waals surface area contributed by atoms with E-state index in [0.717, 1.165) is 11.3 Å². The number of benzene rings is 3. The van der Waals surface area contributed by atoms with Gasteiger partial charge >= 0.3 is 10.1 Å². The number of rotatable bonds is 6. The van der Waals surface area contributed by atoms with Gasteiger partial charge in [0.2, 0.25) is 0 Å². The number of hydrogen-bond donors (Lipinski definition) is 0. The molecule has 0 unspecified atom stereocenters. The Labute approximate surface area is 179 Å². The van der Waals surface area contributed by atoms with Crippen LogP contribution in [0.2, 0.25) is 10.0 Å². The third-order valence-corrected chi connectivity index (χ3v) is 5.75. The van der Waals surface area contributed by atoms with Crippen molar-refractivity contribution in [2.45, 2.75) is 11.8 Å². The van der Waals surface area contributed by atoms with Crippen LogP contribution in [-0.4, -0.2) is 21.7 Å². The molecule has 0 bridgehead atoms. The van der Waals surface area contributed by atoms with Crippen molar-refractivity contribution in [1.82, 2.24) is 0 Å². The van der Waals surface area contributed by atoms with Crippen molar-refractivity contribution >= 4 is 45.2 Å². The second kappa shape index (κ2) is 8.86. The fourth-order valence-electron chi connectivity index (χ4n) is 2.47. The molecule has 0 saturated carbocycles. The van der Waals surface area contributed by atoms with Gasteiger partial charge in [-0.05, 0) is 72.6 Å². The normalized spacial score (nSPS) is 11.6. The highest BCUT2D eigenvalue weighted by molar-refractivity contribution is 7.87. The van der Waals surface area contributed by atoms with Gasteiger partial charge in [-0.3, -0.25) is 4.99 Å². The van der Waals surface area contributed by atoms with E-state index in [9.17, 15) is 8.42 Å². The summed E-state index contributed by atoms with van der Waals surface area (Å²) in [5.41, 5.74) is 2.42. The molecule has 0 aliphatic carbocycles. The molecule has 5 nitrogen and oxygen atoms in total. The molecule has 3 rings (SSSR count). The number of methoxy groups -OCH3 is 1. The van der Waals surface area contributed by atoms with Crippen LogP contribution in [0.3, 0.4) is 0 Å². The summed E-state index contributed by atoms with van der Waals surface area (Å²) in [7, 11) is -2.60. The quantitative estimate of drug-likeness (QED) is 0.350. The van der Waals surface area contributed by atoms with E-state index >= 15 is 0 Å². The molecule has 0 radical (unpaired) electrons. The first-order valence-electron chi connectivity index (χ1n) is 8.47. The summed E-state index contributed by atoms with van der Waals surface area (Å²) >= 11 is 11.8. The second-order valence-corrected chi connectivity index (χ2v) is 8.51. The molecule has 0 atom stereocenters. The molecule has 0 aromatic heterocycles. The average Bonchev–Trinajstić information content (AvgIpc) is 2.69. The van der Waals surface area contributed by atoms with Crippen molar-refractivity contribution in [3.8, 4) is 11.5 Å². The first-order valence-corrected chi connectivity index (χ1v) is 10.6. The largest absolute Gasteiger partial charge is 0.493 e. The maximum atomic E-state index is 12.5. The SMILES string of the molecule is COc1cc(C=Nc2cc(Cl)ccc2C)ccc1OS(=O)(=O)c1ccc(Cl)cc1. The van der Waals surface area contributed by atoms with Crippen LogP contribution in [0.15, 0.2) is 70.6 Å². The Kier molecular flexibility index (Phi) is 6.47. The number of halogens is 2. The lowest BCUT2D eigenvalue weighted by Gasteiger charge is -2.11. The monoisotopic (exact) mass is 449 g/mol. The van der Waals surface area contributed by atoms with E-state index in [0.29, 0.717) is 15.6 Å². The van der Waals surface area contributed by atoms with E-state index in [2.05, 4.69) is 4.99 Å². The zero-order valence-corrected chi connectivity index (χ0v) is 17.9. The molecule has 3 aromatic carbocycles. The number of aliphatic imine (C=N–C) groups is 1. The molecule has 150 valence electrons. The van der Waals surface area contributed by atoms with Gasteiger partial charge in [0.15, 0.2) is 11.5 Å². The van der Waals surface area contributed by atoms with Gasteiger partial charge in [-0.1, -0.05) is 29.3 Å². The van der Waals surface area contributed by atoms with Crippen LogP contribution in [-0.2, 0) is 10.1 Å². The van der Waals surface area contributed by atoms with Gasteiger partial charge in [0.1, 0.15) is 4.90 Å². The minimum absolute atomic E-state index is 0.00831. The lowest BCUT2D eigenvalue weighted by molar-refractivity contribution is 0.390. The molecule has 29 heavy (non-hydrogen) atoms. The second-order valence-electron chi connectivity index (χ2n) is 6.09. The average molecular weight is 450 g/mol. The van der Waals surface area contributed by atoms with Gasteiger partial charge in [0.25, 0.3) is 0 Å². The van der Waals surface area contributed by atoms with Gasteiger partial charge in [-0.2, -0.15) is 8.42 Å². The zero-order valence-electron chi connectivity index (χ0n) is 15.6. The van der Waals surface area contributed by atoms with Crippen molar-refractivity contribution in [3.05, 3.63) is 81.8 Å². The van der Waals surface area contributed by atoms with E-state index < -0.39 is 10.1 Å². The molecular formula is C21H17Cl2NO4S. The van der Waals surface area contributed by atoms with Gasteiger partial charge in [0.05, 0.1) is 12.8 Å². The van der Waals surface area contributed by atoms with Crippen molar-refractivity contribution in [2.24, 2.45) is 4.99 Å². The van der Waals surface area contributed by atoms with E-state index in [-0.39, 0.29) is 16.4 Å². The highest BCUT2D eigenvalue weighted by atomic mass is 35.5. The number of nitrogens with zero attached hydrogens (tertiary/aromatic N) is 1. The van der Waals surface area contributed by atoms with E-state index in [4.69, 9.17) is 32.1 Å². The van der Waals surface area contributed by atoms with Crippen LogP contribution < -0.4 is 8.92 Å². The minimum Gasteiger partial charge on any atom is -0.493 e. The van der Waals surface area contributed by atoms with Crippen molar-refractivity contribution < 1.29 is 17.3 Å². The topological polar surface area (TPSA) is 65.0 Å². The summed E-state index contributed by atoms with van der Waals surface area (Å²) < 4.78 is 35.5. The predicted octanol–water partition coefficient (Wildman–Crippen LogP) is 5.83. The third-order valence-electron chi connectivity index (χ3n) is 4.01. The molecule has 8 heteroatoms. The summed E-state index contributed by atoms with van der Waals surface area (Å²) in [6, 6.07) is 16.0. The highest BCUT2D eigenvalue weighted by Crippen LogP contribution is 2.31. The Balaban J connectivity index is 1.86. The van der Waals surface area contributed by atoms with Crippen LogP contribution in [0.1, 0.15) is 11.1 Å². The summed E-state index contributed by atoms with van der Waals surface area (Å²) in [5.74, 6) is 0.327. The molecule has 0 amide bonds. The molecule has 0 spiro atoms. The van der Waals surface area contributed by atoms with Crippen molar-refractivity contribution in [2.75, 3.05) is 7.11 Å². The zero-order chi connectivity index (χ0) is 21.0. The van der Waals surface area contributed by atoms with Crippen LogP contribution in [0.25, 0.3) is 0 Å². The van der Waals surface area contributed by atoms with Gasteiger partial charge in [0, 0.05) is 16.3 Å². The number of hydrogen-bond acceptors (Lipinski definition) is 5. The molecule has 3 aromatic rings. The Bertz CT molecular complexity index is 1160. The number of ether oxygens (including phenoxy) is 1. The standard InChI is InChI=1S/C21H17Cl2NO4S/c1-14-3-5-17(23)12-19(14)24-13-15-4-10-20(21(11-15)27-2)28-29(25,26)18-8-6-16(22)7-9-18/h3-13H,1-2H3. The van der Waals surface area contributed by atoms with E-state index in [1.807, 2.05) is 13.0 Å². The summed E-state index contributed by atoms with van der Waals surface area (Å²) in [6.45, 7) is 1.93. The summed E-state index contributed by atoms with van der Waals surface area (Å²) in [6.07, 6.45) is 1.64. The van der Waals surface area contributed by atoms with Crippen molar-refractivity contribution in [1.29, 1.82) is 0 Å². The van der Waals surface area contributed by atoms with Gasteiger partial charge < -0.3 is 8.92 Å². The van der Waals surface area contributed by atoms with Gasteiger partial charge in [-0.25, -0.2) is 0 Å². The molecule has 0 aliphatic heterocycles. The summed E-state index contributed by atoms with van der Waals surface area (Å²) in [4.78, 5) is 4.43. The highest BCUT2D eigenvalue weighted by Gasteiger charge is 2.19. The lowest BCUT2D eigenvalue weighted by Crippen LogP contribution is -2.10. The Morgan fingerprint density at radius 3 is 2.28 bits per heavy atom. The van der Waals surface area contributed by atoms with Crippen molar-refractivity contribution in [3.63, 3.8) is 0 Å². The van der Waals surface area contributed by atoms with Gasteiger partial charge in [-0.15, -0.1) is 0 Å². The molecule has 0 aliphatic rings. The van der Waals surface area contributed by atoms with Crippen LogP contribution in [0.5, 0.6) is 11.5 Å².